The summed E-state index contributed by atoms with van der Waals surface area (Å²) in [5.74, 6) is 3.44. The summed E-state index contributed by atoms with van der Waals surface area (Å²) in [5, 5.41) is 2.12. The minimum Gasteiger partial charge on any atom is -0.376 e. The van der Waals surface area contributed by atoms with E-state index in [1.165, 1.54) is 30.4 Å². The van der Waals surface area contributed by atoms with Gasteiger partial charge >= 0.3 is 0 Å². The number of hydrogen-bond acceptors (Lipinski definition) is 6. The number of nitrogens with zero attached hydrogens (tertiary/aromatic N) is 4. The third-order valence-corrected chi connectivity index (χ3v) is 7.41. The molecule has 2 aromatic heterocycles. The van der Waals surface area contributed by atoms with Crippen LogP contribution in [-0.4, -0.2) is 60.8 Å². The molecule has 4 atom stereocenters. The maximum atomic E-state index is 6.40. The van der Waals surface area contributed by atoms with Gasteiger partial charge in [0.1, 0.15) is 12.1 Å². The number of rotatable bonds is 5. The van der Waals surface area contributed by atoms with E-state index in [0.717, 1.165) is 48.8 Å². The molecule has 0 amide bonds. The van der Waals surface area contributed by atoms with E-state index in [4.69, 9.17) is 4.74 Å². The van der Waals surface area contributed by atoms with Crippen LogP contribution in [0.15, 0.2) is 17.8 Å². The Hall–Kier alpha value is -1.24. The highest BCUT2D eigenvalue weighted by molar-refractivity contribution is 7.17. The first-order chi connectivity index (χ1) is 12.7. The lowest BCUT2D eigenvalue weighted by atomic mass is 9.77. The summed E-state index contributed by atoms with van der Waals surface area (Å²) in [6.07, 6.45) is 7.26. The fourth-order valence-corrected chi connectivity index (χ4v) is 5.69. The monoisotopic (exact) mass is 372 g/mol. The molecule has 140 valence electrons. The summed E-state index contributed by atoms with van der Waals surface area (Å²) in [7, 11) is 4.43. The van der Waals surface area contributed by atoms with E-state index in [0.29, 0.717) is 12.1 Å². The lowest BCUT2D eigenvalue weighted by molar-refractivity contribution is -0.0493. The molecule has 0 unspecified atom stereocenters. The molecule has 6 heteroatoms. The molecule has 0 spiro atoms. The van der Waals surface area contributed by atoms with Gasteiger partial charge in [0.05, 0.1) is 16.3 Å². The largest absolute Gasteiger partial charge is 0.376 e. The minimum atomic E-state index is 0.388. The lowest BCUT2D eigenvalue weighted by Crippen LogP contribution is -2.48. The number of aromatic nitrogens is 2. The molecule has 3 aliphatic rings. The summed E-state index contributed by atoms with van der Waals surface area (Å²) >= 11 is 1.76. The van der Waals surface area contributed by atoms with E-state index in [1.807, 2.05) is 0 Å². The Bertz CT molecular complexity index is 774. The lowest BCUT2D eigenvalue weighted by Gasteiger charge is -2.41. The van der Waals surface area contributed by atoms with Crippen LogP contribution in [0.5, 0.6) is 0 Å². The predicted molar refractivity (Wildman–Crippen MR) is 106 cm³/mol. The van der Waals surface area contributed by atoms with Crippen LogP contribution in [0.2, 0.25) is 0 Å². The van der Waals surface area contributed by atoms with Crippen molar-refractivity contribution < 1.29 is 4.74 Å². The van der Waals surface area contributed by atoms with Crippen LogP contribution in [-0.2, 0) is 4.74 Å². The van der Waals surface area contributed by atoms with Gasteiger partial charge in [-0.25, -0.2) is 9.97 Å². The number of thiophene rings is 1. The average Bonchev–Trinajstić information content (AvgIpc) is 3.17. The molecule has 0 bridgehead atoms. The smallest absolute Gasteiger partial charge is 0.150 e. The van der Waals surface area contributed by atoms with Crippen LogP contribution < -0.4 is 4.90 Å². The van der Waals surface area contributed by atoms with Gasteiger partial charge in [-0.3, -0.25) is 0 Å². The van der Waals surface area contributed by atoms with E-state index in [9.17, 15) is 0 Å². The Labute approximate surface area is 159 Å². The van der Waals surface area contributed by atoms with Gasteiger partial charge in [-0.15, -0.1) is 11.3 Å². The second kappa shape index (κ2) is 6.73. The van der Waals surface area contributed by atoms with E-state index in [2.05, 4.69) is 45.3 Å². The third-order valence-electron chi connectivity index (χ3n) is 6.52. The van der Waals surface area contributed by atoms with E-state index in [-0.39, 0.29) is 0 Å². The van der Waals surface area contributed by atoms with Gasteiger partial charge in [0, 0.05) is 25.7 Å². The fourth-order valence-electron chi connectivity index (χ4n) is 4.83. The highest BCUT2D eigenvalue weighted by Gasteiger charge is 2.44. The molecular weight excluding hydrogens is 344 g/mol. The molecule has 0 N–H and O–H groups in total. The van der Waals surface area contributed by atoms with Gasteiger partial charge in [0.2, 0.25) is 0 Å². The van der Waals surface area contributed by atoms with Crippen LogP contribution >= 0.6 is 11.3 Å². The summed E-state index contributed by atoms with van der Waals surface area (Å²) < 4.78 is 7.64. The molecule has 1 aliphatic heterocycles. The first kappa shape index (κ1) is 16.9. The number of anilines is 1. The molecule has 3 fully saturated rings. The summed E-state index contributed by atoms with van der Waals surface area (Å²) in [6, 6.07) is 2.64. The number of fused-ring (bicyclic) bond motifs is 2. The van der Waals surface area contributed by atoms with Crippen molar-refractivity contribution in [1.29, 1.82) is 0 Å². The topological polar surface area (TPSA) is 41.5 Å². The number of hydrogen-bond donors (Lipinski definition) is 0. The zero-order valence-electron chi connectivity index (χ0n) is 15.7. The second-order valence-electron chi connectivity index (χ2n) is 8.57. The Kier molecular flexibility index (Phi) is 4.38. The molecule has 2 aliphatic carbocycles. The Balaban J connectivity index is 1.34. The third kappa shape index (κ3) is 3.12. The number of ether oxygens (including phenoxy) is 1. The Morgan fingerprint density at radius 2 is 2.00 bits per heavy atom. The second-order valence-corrected chi connectivity index (χ2v) is 9.49. The van der Waals surface area contributed by atoms with Crippen molar-refractivity contribution in [2.45, 2.75) is 37.8 Å². The van der Waals surface area contributed by atoms with Gasteiger partial charge in [-0.1, -0.05) is 0 Å². The first-order valence-electron chi connectivity index (χ1n) is 9.90. The zero-order chi connectivity index (χ0) is 17.7. The Morgan fingerprint density at radius 3 is 2.77 bits per heavy atom. The molecule has 5 rings (SSSR count). The molecular formula is C20H28N4OS. The summed E-state index contributed by atoms with van der Waals surface area (Å²) in [4.78, 5) is 13.9. The van der Waals surface area contributed by atoms with Gasteiger partial charge in [-0.2, -0.15) is 0 Å². The van der Waals surface area contributed by atoms with Crippen LogP contribution in [0, 0.1) is 17.8 Å². The van der Waals surface area contributed by atoms with Crippen molar-refractivity contribution in [2.24, 2.45) is 17.8 Å². The standard InChI is InChI=1S/C20H28N4OS/c1-23(2)17-7-14-9-24(20-19-16(5-6-26-19)21-12-22-20)10-15(14)8-18(17)25-11-13-3-4-13/h5-6,12-15,17-18H,3-4,7-11H2,1-2H3/t14-,15+,17-,18-/m1/s1. The highest BCUT2D eigenvalue weighted by Crippen LogP contribution is 2.42. The molecule has 0 aromatic carbocycles. The molecule has 2 aromatic rings. The van der Waals surface area contributed by atoms with E-state index >= 15 is 0 Å². The van der Waals surface area contributed by atoms with Gasteiger partial charge in [-0.05, 0) is 69.0 Å². The molecule has 5 nitrogen and oxygen atoms in total. The first-order valence-corrected chi connectivity index (χ1v) is 10.8. The molecule has 1 saturated heterocycles. The van der Waals surface area contributed by atoms with Crippen molar-refractivity contribution in [1.82, 2.24) is 14.9 Å². The van der Waals surface area contributed by atoms with Crippen molar-refractivity contribution in [3.05, 3.63) is 17.8 Å². The van der Waals surface area contributed by atoms with Crippen LogP contribution in [0.1, 0.15) is 25.7 Å². The fraction of sp³-hybridized carbons (Fsp3) is 0.700. The molecule has 0 radical (unpaired) electrons. The van der Waals surface area contributed by atoms with E-state index in [1.54, 1.807) is 17.7 Å². The SMILES string of the molecule is CN(C)[C@@H]1C[C@@H]2CN(c3ncnc4ccsc34)C[C@@H]2C[C@H]1OCC1CC1. The maximum absolute atomic E-state index is 6.40. The molecule has 26 heavy (non-hydrogen) atoms. The Morgan fingerprint density at radius 1 is 1.19 bits per heavy atom. The van der Waals surface area contributed by atoms with Crippen LogP contribution in [0.4, 0.5) is 5.82 Å². The predicted octanol–water partition coefficient (Wildman–Crippen LogP) is 3.26. The van der Waals surface area contributed by atoms with Crippen LogP contribution in [0.25, 0.3) is 10.2 Å². The maximum Gasteiger partial charge on any atom is 0.150 e. The minimum absolute atomic E-state index is 0.388. The van der Waals surface area contributed by atoms with Gasteiger partial charge in [0.25, 0.3) is 0 Å². The van der Waals surface area contributed by atoms with Gasteiger partial charge in [0.15, 0.2) is 0 Å². The van der Waals surface area contributed by atoms with Crippen molar-refractivity contribution in [3.63, 3.8) is 0 Å². The summed E-state index contributed by atoms with van der Waals surface area (Å²) in [5.41, 5.74) is 1.08. The zero-order valence-corrected chi connectivity index (χ0v) is 16.5. The number of likely N-dealkylation sites (N-methyl/N-ethyl adjacent to an activating group) is 1. The van der Waals surface area contributed by atoms with Crippen molar-refractivity contribution in [3.8, 4) is 0 Å². The highest BCUT2D eigenvalue weighted by atomic mass is 32.1. The summed E-state index contributed by atoms with van der Waals surface area (Å²) in [6.45, 7) is 3.20. The van der Waals surface area contributed by atoms with Gasteiger partial charge < -0.3 is 14.5 Å². The normalized spacial score (nSPS) is 31.7. The quantitative estimate of drug-likeness (QED) is 0.806. The van der Waals surface area contributed by atoms with E-state index < -0.39 is 0 Å². The average molecular weight is 373 g/mol. The van der Waals surface area contributed by atoms with Crippen molar-refractivity contribution in [2.75, 3.05) is 38.7 Å². The van der Waals surface area contributed by atoms with Crippen LogP contribution in [0.3, 0.4) is 0 Å². The van der Waals surface area contributed by atoms with Crippen molar-refractivity contribution >= 4 is 27.4 Å². The molecule has 3 heterocycles. The molecule has 2 saturated carbocycles.